The molecular formula is C15H20FIN4O. The van der Waals surface area contributed by atoms with Gasteiger partial charge in [-0.15, -0.1) is 24.0 Å². The number of nitrogens with zero attached hydrogens (tertiary/aromatic N) is 2. The van der Waals surface area contributed by atoms with Crippen molar-refractivity contribution in [2.24, 2.45) is 10.7 Å². The molecule has 2 aromatic rings. The predicted octanol–water partition coefficient (Wildman–Crippen LogP) is 2.11. The third-order valence-electron chi connectivity index (χ3n) is 3.72. The second-order valence-electron chi connectivity index (χ2n) is 5.09. The molecule has 1 aliphatic rings. The van der Waals surface area contributed by atoms with Crippen molar-refractivity contribution in [2.45, 2.75) is 6.42 Å². The minimum atomic E-state index is -0.223. The van der Waals surface area contributed by atoms with E-state index in [4.69, 9.17) is 10.5 Å². The summed E-state index contributed by atoms with van der Waals surface area (Å²) in [5, 5.41) is 0.912. The van der Waals surface area contributed by atoms with Crippen LogP contribution in [0.3, 0.4) is 0 Å². The minimum absolute atomic E-state index is 0. The van der Waals surface area contributed by atoms with Crippen LogP contribution in [-0.4, -0.2) is 48.7 Å². The first-order valence-corrected chi connectivity index (χ1v) is 7.12. The molecule has 1 fully saturated rings. The van der Waals surface area contributed by atoms with Crippen LogP contribution in [0.25, 0.3) is 10.9 Å². The van der Waals surface area contributed by atoms with Crippen LogP contribution in [0.2, 0.25) is 0 Å². The molecule has 0 saturated carbocycles. The average molecular weight is 418 g/mol. The van der Waals surface area contributed by atoms with Crippen molar-refractivity contribution in [3.05, 3.63) is 35.8 Å². The smallest absolute Gasteiger partial charge is 0.191 e. The number of aromatic amines is 1. The first-order valence-electron chi connectivity index (χ1n) is 7.12. The Balaban J connectivity index is 0.00000176. The Hall–Kier alpha value is -1.35. The van der Waals surface area contributed by atoms with E-state index in [-0.39, 0.29) is 29.8 Å². The molecule has 3 N–H and O–H groups in total. The van der Waals surface area contributed by atoms with Gasteiger partial charge in [0.25, 0.3) is 0 Å². The van der Waals surface area contributed by atoms with Crippen LogP contribution in [0.4, 0.5) is 4.39 Å². The van der Waals surface area contributed by atoms with E-state index in [9.17, 15) is 4.39 Å². The van der Waals surface area contributed by atoms with Crippen molar-refractivity contribution < 1.29 is 9.13 Å². The zero-order valence-corrected chi connectivity index (χ0v) is 14.5. The van der Waals surface area contributed by atoms with Gasteiger partial charge < -0.3 is 20.4 Å². The molecule has 0 unspecified atom stereocenters. The number of hydrogen-bond donors (Lipinski definition) is 2. The Labute approximate surface area is 145 Å². The van der Waals surface area contributed by atoms with E-state index in [0.29, 0.717) is 25.7 Å². The maximum Gasteiger partial charge on any atom is 0.191 e. The summed E-state index contributed by atoms with van der Waals surface area (Å²) in [5.74, 6) is 0.337. The summed E-state index contributed by atoms with van der Waals surface area (Å²) < 4.78 is 18.6. The molecule has 0 aliphatic carbocycles. The van der Waals surface area contributed by atoms with Gasteiger partial charge in [0, 0.05) is 36.7 Å². The van der Waals surface area contributed by atoms with E-state index in [1.165, 1.54) is 6.07 Å². The highest BCUT2D eigenvalue weighted by molar-refractivity contribution is 14.0. The molecule has 1 aliphatic heterocycles. The van der Waals surface area contributed by atoms with Crippen molar-refractivity contribution >= 4 is 40.8 Å². The predicted molar refractivity (Wildman–Crippen MR) is 96.3 cm³/mol. The Kier molecular flexibility index (Phi) is 6.01. The van der Waals surface area contributed by atoms with Crippen LogP contribution in [0.15, 0.2) is 29.4 Å². The standard InChI is InChI=1S/C15H19FN4O.HI/c16-12-1-2-14-13(9-12)11(10-19-14)3-4-18-15(17)20-5-7-21-8-6-20;/h1-2,9-10,19H,3-8H2,(H2,17,18);1H. The van der Waals surface area contributed by atoms with Gasteiger partial charge in [-0.2, -0.15) is 0 Å². The van der Waals surface area contributed by atoms with E-state index in [2.05, 4.69) is 9.98 Å². The highest BCUT2D eigenvalue weighted by Gasteiger charge is 2.12. The number of H-pyrrole nitrogens is 1. The third-order valence-corrected chi connectivity index (χ3v) is 3.72. The molecule has 3 rings (SSSR count). The molecule has 1 saturated heterocycles. The van der Waals surface area contributed by atoms with Gasteiger partial charge in [-0.3, -0.25) is 4.99 Å². The second-order valence-corrected chi connectivity index (χ2v) is 5.09. The Morgan fingerprint density at radius 1 is 1.36 bits per heavy atom. The number of guanidine groups is 1. The zero-order chi connectivity index (χ0) is 14.7. The molecule has 7 heteroatoms. The van der Waals surface area contributed by atoms with Crippen LogP contribution >= 0.6 is 24.0 Å². The number of hydrogen-bond acceptors (Lipinski definition) is 2. The number of nitrogens with one attached hydrogen (secondary N) is 1. The number of nitrogens with two attached hydrogens (primary N) is 1. The maximum absolute atomic E-state index is 13.3. The fourth-order valence-corrected chi connectivity index (χ4v) is 2.54. The Morgan fingerprint density at radius 2 is 2.14 bits per heavy atom. The average Bonchev–Trinajstić information content (AvgIpc) is 2.90. The highest BCUT2D eigenvalue weighted by Crippen LogP contribution is 2.19. The largest absolute Gasteiger partial charge is 0.378 e. The van der Waals surface area contributed by atoms with Crippen LogP contribution in [0.5, 0.6) is 0 Å². The van der Waals surface area contributed by atoms with Crippen LogP contribution < -0.4 is 5.73 Å². The number of fused-ring (bicyclic) bond motifs is 1. The summed E-state index contributed by atoms with van der Waals surface area (Å²) in [6.45, 7) is 3.55. The van der Waals surface area contributed by atoms with Gasteiger partial charge in [0.2, 0.25) is 0 Å². The quantitative estimate of drug-likeness (QED) is 0.456. The molecule has 1 aromatic carbocycles. The number of halogens is 2. The van der Waals surface area contributed by atoms with Gasteiger partial charge in [0.1, 0.15) is 5.82 Å². The topological polar surface area (TPSA) is 66.6 Å². The molecular weight excluding hydrogens is 398 g/mol. The number of benzene rings is 1. The molecule has 0 bridgehead atoms. The molecule has 0 spiro atoms. The second kappa shape index (κ2) is 7.77. The third kappa shape index (κ3) is 3.89. The lowest BCUT2D eigenvalue weighted by molar-refractivity contribution is 0.0674. The summed E-state index contributed by atoms with van der Waals surface area (Å²) in [7, 11) is 0. The summed E-state index contributed by atoms with van der Waals surface area (Å²) in [6, 6.07) is 4.76. The summed E-state index contributed by atoms with van der Waals surface area (Å²) in [4.78, 5) is 9.58. The first kappa shape index (κ1) is 17.0. The van der Waals surface area contributed by atoms with Crippen LogP contribution in [-0.2, 0) is 11.2 Å². The highest BCUT2D eigenvalue weighted by atomic mass is 127. The number of morpholine rings is 1. The van der Waals surface area contributed by atoms with Crippen molar-refractivity contribution in [3.8, 4) is 0 Å². The lowest BCUT2D eigenvalue weighted by atomic mass is 10.1. The van der Waals surface area contributed by atoms with E-state index in [1.54, 1.807) is 12.1 Å². The van der Waals surface area contributed by atoms with E-state index < -0.39 is 0 Å². The van der Waals surface area contributed by atoms with Gasteiger partial charge in [-0.05, 0) is 30.2 Å². The van der Waals surface area contributed by atoms with E-state index in [1.807, 2.05) is 11.1 Å². The maximum atomic E-state index is 13.3. The number of rotatable bonds is 3. The van der Waals surface area contributed by atoms with Crippen molar-refractivity contribution in [3.63, 3.8) is 0 Å². The molecule has 5 nitrogen and oxygen atoms in total. The lowest BCUT2D eigenvalue weighted by Gasteiger charge is -2.27. The molecule has 22 heavy (non-hydrogen) atoms. The lowest BCUT2D eigenvalue weighted by Crippen LogP contribution is -2.44. The van der Waals surface area contributed by atoms with Gasteiger partial charge >= 0.3 is 0 Å². The van der Waals surface area contributed by atoms with Crippen LogP contribution in [0, 0.1) is 5.82 Å². The Bertz CT molecular complexity index is 652. The fraction of sp³-hybridized carbons (Fsp3) is 0.400. The molecule has 0 radical (unpaired) electrons. The summed E-state index contributed by atoms with van der Waals surface area (Å²) in [6.07, 6.45) is 2.64. The van der Waals surface area contributed by atoms with Gasteiger partial charge in [0.15, 0.2) is 5.96 Å². The monoisotopic (exact) mass is 418 g/mol. The molecule has 120 valence electrons. The summed E-state index contributed by atoms with van der Waals surface area (Å²) >= 11 is 0. The molecule has 0 atom stereocenters. The molecule has 2 heterocycles. The van der Waals surface area contributed by atoms with Gasteiger partial charge in [0.05, 0.1) is 13.2 Å². The molecule has 0 amide bonds. The normalized spacial score (nSPS) is 15.9. The van der Waals surface area contributed by atoms with Gasteiger partial charge in [-0.25, -0.2) is 4.39 Å². The summed E-state index contributed by atoms with van der Waals surface area (Å²) in [5.41, 5.74) is 7.98. The number of aliphatic imine (C=N–C) groups is 1. The SMILES string of the molecule is I.NC(=NCCc1c[nH]c2ccc(F)cc12)N1CCOCC1. The number of aromatic nitrogens is 1. The molecule has 1 aromatic heterocycles. The minimum Gasteiger partial charge on any atom is -0.378 e. The van der Waals surface area contributed by atoms with Crippen molar-refractivity contribution in [2.75, 3.05) is 32.8 Å². The van der Waals surface area contributed by atoms with Crippen molar-refractivity contribution in [1.82, 2.24) is 9.88 Å². The Morgan fingerprint density at radius 3 is 2.91 bits per heavy atom. The van der Waals surface area contributed by atoms with Crippen LogP contribution in [0.1, 0.15) is 5.56 Å². The van der Waals surface area contributed by atoms with E-state index in [0.717, 1.165) is 36.0 Å². The zero-order valence-electron chi connectivity index (χ0n) is 12.2. The van der Waals surface area contributed by atoms with Crippen molar-refractivity contribution in [1.29, 1.82) is 0 Å². The number of ether oxygens (including phenoxy) is 1. The van der Waals surface area contributed by atoms with Gasteiger partial charge in [-0.1, -0.05) is 0 Å². The van der Waals surface area contributed by atoms with E-state index >= 15 is 0 Å². The fourth-order valence-electron chi connectivity index (χ4n) is 2.54. The first-order chi connectivity index (χ1) is 10.2.